The Bertz CT molecular complexity index is 519. The molecule has 1 aromatic carbocycles. The maximum atomic E-state index is 12.7. The largest absolute Gasteiger partial charge is 0.417 e. The summed E-state index contributed by atoms with van der Waals surface area (Å²) in [4.78, 5) is 0. The molecule has 0 aliphatic heterocycles. The molecular weight excluding hydrogens is 235 g/mol. The minimum Gasteiger partial charge on any atom is -0.390 e. The number of halogens is 3. The lowest BCUT2D eigenvalue weighted by Gasteiger charge is -2.09. The van der Waals surface area contributed by atoms with Crippen molar-refractivity contribution in [2.75, 3.05) is 0 Å². The molecule has 17 heavy (non-hydrogen) atoms. The van der Waals surface area contributed by atoms with Gasteiger partial charge in [0.05, 0.1) is 12.2 Å². The van der Waals surface area contributed by atoms with Crippen molar-refractivity contribution in [3.63, 3.8) is 0 Å². The van der Waals surface area contributed by atoms with Gasteiger partial charge in [0.15, 0.2) is 5.76 Å². The number of benzene rings is 1. The van der Waals surface area contributed by atoms with Crippen LogP contribution >= 0.6 is 0 Å². The van der Waals surface area contributed by atoms with E-state index in [0.717, 1.165) is 6.07 Å². The molecule has 0 radical (unpaired) electrons. The first-order valence-corrected chi connectivity index (χ1v) is 4.75. The van der Waals surface area contributed by atoms with Gasteiger partial charge in [0.25, 0.3) is 0 Å². The van der Waals surface area contributed by atoms with Gasteiger partial charge in [0.1, 0.15) is 5.69 Å². The van der Waals surface area contributed by atoms with Crippen LogP contribution in [0.1, 0.15) is 11.3 Å². The van der Waals surface area contributed by atoms with Crippen LogP contribution in [0.25, 0.3) is 11.3 Å². The second-order valence-corrected chi connectivity index (χ2v) is 3.38. The Kier molecular flexibility index (Phi) is 2.89. The van der Waals surface area contributed by atoms with Gasteiger partial charge in [-0.1, -0.05) is 23.4 Å². The van der Waals surface area contributed by atoms with E-state index in [1.807, 2.05) is 0 Å². The highest BCUT2D eigenvalue weighted by molar-refractivity contribution is 5.63. The molecular formula is C11H8F3NO2. The number of nitrogens with zero attached hydrogens (tertiary/aromatic N) is 1. The molecule has 0 aliphatic carbocycles. The molecule has 0 saturated carbocycles. The van der Waals surface area contributed by atoms with E-state index < -0.39 is 11.7 Å². The van der Waals surface area contributed by atoms with E-state index in [4.69, 9.17) is 9.63 Å². The molecule has 6 heteroatoms. The normalized spacial score (nSPS) is 11.8. The average Bonchev–Trinajstić information content (AvgIpc) is 2.76. The molecule has 1 N–H and O–H groups in total. The van der Waals surface area contributed by atoms with Gasteiger partial charge < -0.3 is 9.63 Å². The maximum Gasteiger partial charge on any atom is 0.417 e. The average molecular weight is 243 g/mol. The van der Waals surface area contributed by atoms with Crippen LogP contribution < -0.4 is 0 Å². The highest BCUT2D eigenvalue weighted by atomic mass is 19.4. The molecule has 1 heterocycles. The zero-order valence-corrected chi connectivity index (χ0v) is 8.53. The molecule has 2 rings (SSSR count). The Hall–Kier alpha value is -1.82. The van der Waals surface area contributed by atoms with Crippen molar-refractivity contribution in [1.82, 2.24) is 5.16 Å². The van der Waals surface area contributed by atoms with E-state index in [9.17, 15) is 13.2 Å². The predicted octanol–water partition coefficient (Wildman–Crippen LogP) is 2.85. The Morgan fingerprint density at radius 2 is 1.94 bits per heavy atom. The minimum absolute atomic E-state index is 0.0121. The Balaban J connectivity index is 2.52. The molecule has 90 valence electrons. The summed E-state index contributed by atoms with van der Waals surface area (Å²) >= 11 is 0. The van der Waals surface area contributed by atoms with Crippen molar-refractivity contribution in [2.45, 2.75) is 12.8 Å². The maximum absolute atomic E-state index is 12.7. The van der Waals surface area contributed by atoms with Crippen molar-refractivity contribution in [1.29, 1.82) is 0 Å². The van der Waals surface area contributed by atoms with E-state index in [2.05, 4.69) is 5.16 Å². The fourth-order valence-electron chi connectivity index (χ4n) is 1.46. The van der Waals surface area contributed by atoms with E-state index >= 15 is 0 Å². The van der Waals surface area contributed by atoms with Gasteiger partial charge in [0.2, 0.25) is 0 Å². The summed E-state index contributed by atoms with van der Waals surface area (Å²) in [5, 5.41) is 12.2. The quantitative estimate of drug-likeness (QED) is 0.882. The van der Waals surface area contributed by atoms with Crippen LogP contribution in [0, 0.1) is 0 Å². The smallest absolute Gasteiger partial charge is 0.390 e. The second kappa shape index (κ2) is 4.21. The summed E-state index contributed by atoms with van der Waals surface area (Å²) in [6, 6.07) is 6.33. The van der Waals surface area contributed by atoms with Crippen molar-refractivity contribution in [3.8, 4) is 11.3 Å². The molecule has 0 aliphatic rings. The van der Waals surface area contributed by atoms with Crippen LogP contribution in [-0.4, -0.2) is 10.3 Å². The summed E-state index contributed by atoms with van der Waals surface area (Å²) < 4.78 is 42.9. The Morgan fingerprint density at radius 3 is 2.53 bits per heavy atom. The predicted molar refractivity (Wildman–Crippen MR) is 52.9 cm³/mol. The first-order chi connectivity index (χ1) is 8.02. The Labute approximate surface area is 94.5 Å². The molecule has 1 aromatic heterocycles. The van der Waals surface area contributed by atoms with Gasteiger partial charge in [-0.15, -0.1) is 0 Å². The van der Waals surface area contributed by atoms with Gasteiger partial charge in [0, 0.05) is 11.6 Å². The lowest BCUT2D eigenvalue weighted by molar-refractivity contribution is -0.137. The van der Waals surface area contributed by atoms with Crippen LogP contribution in [0.3, 0.4) is 0 Å². The highest BCUT2D eigenvalue weighted by Gasteiger charge is 2.34. The second-order valence-electron chi connectivity index (χ2n) is 3.38. The van der Waals surface area contributed by atoms with Crippen molar-refractivity contribution < 1.29 is 22.8 Å². The number of hydrogen-bond acceptors (Lipinski definition) is 3. The van der Waals surface area contributed by atoms with Crippen molar-refractivity contribution in [3.05, 3.63) is 41.6 Å². The zero-order chi connectivity index (χ0) is 12.5. The van der Waals surface area contributed by atoms with Crippen molar-refractivity contribution in [2.24, 2.45) is 0 Å². The fourth-order valence-corrected chi connectivity index (χ4v) is 1.46. The minimum atomic E-state index is -4.46. The molecule has 0 bridgehead atoms. The summed E-state index contributed by atoms with van der Waals surface area (Å²) in [6.07, 6.45) is -4.46. The summed E-state index contributed by atoms with van der Waals surface area (Å²) in [7, 11) is 0. The lowest BCUT2D eigenvalue weighted by Crippen LogP contribution is -2.06. The first kappa shape index (κ1) is 11.7. The molecule has 3 nitrogen and oxygen atoms in total. The number of hydrogen-bond donors (Lipinski definition) is 1. The first-order valence-electron chi connectivity index (χ1n) is 4.75. The monoisotopic (exact) mass is 243 g/mol. The number of aliphatic hydroxyl groups excluding tert-OH is 1. The van der Waals surface area contributed by atoms with Crippen molar-refractivity contribution >= 4 is 0 Å². The van der Waals surface area contributed by atoms with Gasteiger partial charge in [-0.25, -0.2) is 0 Å². The number of alkyl halides is 3. The third-order valence-corrected chi connectivity index (χ3v) is 2.22. The van der Waals surface area contributed by atoms with Crippen LogP contribution in [0.5, 0.6) is 0 Å². The topological polar surface area (TPSA) is 46.3 Å². The van der Waals surface area contributed by atoms with Gasteiger partial charge in [-0.2, -0.15) is 13.2 Å². The van der Waals surface area contributed by atoms with Gasteiger partial charge in [-0.05, 0) is 6.07 Å². The summed E-state index contributed by atoms with van der Waals surface area (Å²) in [5.41, 5.74) is -0.690. The molecule has 0 spiro atoms. The SMILES string of the molecule is OCc1cc(-c2ccccc2C(F)(F)F)on1. The third-order valence-electron chi connectivity index (χ3n) is 2.22. The van der Waals surface area contributed by atoms with Gasteiger partial charge >= 0.3 is 6.18 Å². The molecule has 0 atom stereocenters. The van der Waals surface area contributed by atoms with E-state index in [0.29, 0.717) is 0 Å². The van der Waals surface area contributed by atoms with E-state index in [1.54, 1.807) is 0 Å². The highest BCUT2D eigenvalue weighted by Crippen LogP contribution is 2.36. The molecule has 0 amide bonds. The van der Waals surface area contributed by atoms with Gasteiger partial charge in [-0.3, -0.25) is 0 Å². The zero-order valence-electron chi connectivity index (χ0n) is 8.53. The fraction of sp³-hybridized carbons (Fsp3) is 0.182. The third kappa shape index (κ3) is 2.31. The molecule has 0 unspecified atom stereocenters. The number of aliphatic hydroxyl groups is 1. The number of aromatic nitrogens is 1. The summed E-state index contributed by atoms with van der Waals surface area (Å²) in [6.45, 7) is -0.377. The van der Waals surface area contributed by atoms with Crippen LogP contribution in [0.2, 0.25) is 0 Å². The lowest BCUT2D eigenvalue weighted by atomic mass is 10.0. The summed E-state index contributed by atoms with van der Waals surface area (Å²) in [5.74, 6) is -0.0121. The molecule has 2 aromatic rings. The van der Waals surface area contributed by atoms with Crippen LogP contribution in [0.15, 0.2) is 34.9 Å². The number of rotatable bonds is 2. The molecule has 0 saturated heterocycles. The Morgan fingerprint density at radius 1 is 1.24 bits per heavy atom. The van der Waals surface area contributed by atoms with E-state index in [1.165, 1.54) is 24.3 Å². The standard InChI is InChI=1S/C11H8F3NO2/c12-11(13,14)9-4-2-1-3-8(9)10-5-7(6-16)15-17-10/h1-5,16H,6H2. The van der Waals surface area contributed by atoms with E-state index in [-0.39, 0.29) is 23.6 Å². The van der Waals surface area contributed by atoms with Crippen LogP contribution in [0.4, 0.5) is 13.2 Å². The molecule has 0 fully saturated rings. The van der Waals surface area contributed by atoms with Crippen LogP contribution in [-0.2, 0) is 12.8 Å².